The summed E-state index contributed by atoms with van der Waals surface area (Å²) < 4.78 is 0. The largest absolute Gasteiger partial charge is 0.359 e. The summed E-state index contributed by atoms with van der Waals surface area (Å²) in [6.45, 7) is 0. The van der Waals surface area contributed by atoms with E-state index in [4.69, 9.17) is 0 Å². The van der Waals surface area contributed by atoms with Gasteiger partial charge in [-0.15, -0.1) is 11.8 Å². The van der Waals surface area contributed by atoms with Crippen LogP contribution in [0.1, 0.15) is 38.5 Å². The molecule has 0 saturated carbocycles. The van der Waals surface area contributed by atoms with Crippen LogP contribution in [0, 0.1) is 0 Å². The highest BCUT2D eigenvalue weighted by Crippen LogP contribution is 2.05. The van der Waals surface area contributed by atoms with Gasteiger partial charge in [-0.2, -0.15) is 0 Å². The molecule has 16 heavy (non-hydrogen) atoms. The first-order chi connectivity index (χ1) is 7.70. The van der Waals surface area contributed by atoms with Crippen molar-refractivity contribution in [1.29, 1.82) is 0 Å². The van der Waals surface area contributed by atoms with Gasteiger partial charge in [-0.05, 0) is 19.1 Å². The quantitative estimate of drug-likeness (QED) is 0.479. The lowest BCUT2D eigenvalue weighted by molar-refractivity contribution is -0.121. The second-order valence-electron chi connectivity index (χ2n) is 3.62. The van der Waals surface area contributed by atoms with Crippen LogP contribution in [-0.4, -0.2) is 31.0 Å². The maximum absolute atomic E-state index is 11.2. The molecule has 2 amide bonds. The van der Waals surface area contributed by atoms with Crippen LogP contribution in [0.15, 0.2) is 0 Å². The summed E-state index contributed by atoms with van der Waals surface area (Å²) >= 11 is 1.61. The lowest BCUT2D eigenvalue weighted by atomic mass is 10.1. The van der Waals surface area contributed by atoms with Crippen LogP contribution in [-0.2, 0) is 9.59 Å². The molecule has 5 heteroatoms. The van der Waals surface area contributed by atoms with Gasteiger partial charge in [-0.3, -0.25) is 9.59 Å². The van der Waals surface area contributed by atoms with Crippen molar-refractivity contribution in [3.05, 3.63) is 0 Å². The molecule has 0 aromatic carbocycles. The monoisotopic (exact) mass is 246 g/mol. The van der Waals surface area contributed by atoms with Crippen LogP contribution >= 0.6 is 11.8 Å². The van der Waals surface area contributed by atoms with E-state index < -0.39 is 0 Å². The predicted octanol–water partition coefficient (Wildman–Crippen LogP) is 1.51. The second-order valence-corrected chi connectivity index (χ2v) is 4.49. The maximum atomic E-state index is 11.2. The molecule has 0 aliphatic carbocycles. The molecule has 94 valence electrons. The van der Waals surface area contributed by atoms with Crippen molar-refractivity contribution in [2.75, 3.05) is 19.2 Å². The highest BCUT2D eigenvalue weighted by atomic mass is 32.2. The number of carbonyl (C=O) groups excluding carboxylic acids is 2. The standard InChI is InChI=1S/C11H22N2O2S/c1-12-10(14)7-5-3-4-6-8-11(15)13-9-16-2/h3-9H2,1-2H3,(H,12,14)(H,13,15). The number of unbranched alkanes of at least 4 members (excludes halogenated alkanes) is 3. The predicted molar refractivity (Wildman–Crippen MR) is 68.3 cm³/mol. The third-order valence-corrected chi connectivity index (χ3v) is 2.68. The van der Waals surface area contributed by atoms with Crippen molar-refractivity contribution < 1.29 is 9.59 Å². The minimum Gasteiger partial charge on any atom is -0.359 e. The molecule has 0 unspecified atom stereocenters. The molecule has 0 rings (SSSR count). The zero-order valence-electron chi connectivity index (χ0n) is 10.2. The lowest BCUT2D eigenvalue weighted by Crippen LogP contribution is -2.22. The van der Waals surface area contributed by atoms with Gasteiger partial charge >= 0.3 is 0 Å². The van der Waals surface area contributed by atoms with Crippen molar-refractivity contribution >= 4 is 23.6 Å². The minimum atomic E-state index is 0.0951. The molecule has 0 fully saturated rings. The number of hydrogen-bond acceptors (Lipinski definition) is 3. The minimum absolute atomic E-state index is 0.0951. The Hall–Kier alpha value is -0.710. The number of hydrogen-bond donors (Lipinski definition) is 2. The Morgan fingerprint density at radius 1 is 1.00 bits per heavy atom. The molecule has 0 aromatic rings. The van der Waals surface area contributed by atoms with Crippen LogP contribution in [0.5, 0.6) is 0 Å². The summed E-state index contributed by atoms with van der Waals surface area (Å²) in [5, 5.41) is 5.40. The van der Waals surface area contributed by atoms with E-state index in [0.717, 1.165) is 25.7 Å². The SMILES string of the molecule is CNC(=O)CCCCCCC(=O)NCSC. The molecule has 0 aliphatic heterocycles. The first-order valence-electron chi connectivity index (χ1n) is 5.67. The molecule has 0 bridgehead atoms. The fourth-order valence-corrected chi connectivity index (χ4v) is 1.60. The topological polar surface area (TPSA) is 58.2 Å². The van der Waals surface area contributed by atoms with Gasteiger partial charge in [0, 0.05) is 19.9 Å². The molecular formula is C11H22N2O2S. The summed E-state index contributed by atoms with van der Waals surface area (Å²) in [6.07, 6.45) is 7.00. The molecule has 0 heterocycles. The second kappa shape index (κ2) is 10.8. The first kappa shape index (κ1) is 15.3. The van der Waals surface area contributed by atoms with E-state index >= 15 is 0 Å². The lowest BCUT2D eigenvalue weighted by Gasteiger charge is -2.03. The summed E-state index contributed by atoms with van der Waals surface area (Å²) in [4.78, 5) is 22.1. The Kier molecular flexibility index (Phi) is 10.3. The Morgan fingerprint density at radius 3 is 2.06 bits per heavy atom. The van der Waals surface area contributed by atoms with E-state index in [9.17, 15) is 9.59 Å². The van der Waals surface area contributed by atoms with Gasteiger partial charge in [0.25, 0.3) is 0 Å². The van der Waals surface area contributed by atoms with E-state index in [1.54, 1.807) is 18.8 Å². The highest BCUT2D eigenvalue weighted by Gasteiger charge is 2.00. The molecule has 2 N–H and O–H groups in total. The van der Waals surface area contributed by atoms with E-state index in [2.05, 4.69) is 10.6 Å². The van der Waals surface area contributed by atoms with Crippen molar-refractivity contribution in [3.8, 4) is 0 Å². The Balaban J connectivity index is 3.20. The molecule has 0 aromatic heterocycles. The Labute approximate surface area is 102 Å². The first-order valence-corrected chi connectivity index (χ1v) is 7.06. The van der Waals surface area contributed by atoms with E-state index in [0.29, 0.717) is 18.7 Å². The van der Waals surface area contributed by atoms with Gasteiger partial charge in [0.05, 0.1) is 5.88 Å². The molecule has 0 aliphatic rings. The van der Waals surface area contributed by atoms with Crippen LogP contribution in [0.4, 0.5) is 0 Å². The van der Waals surface area contributed by atoms with Gasteiger partial charge in [0.2, 0.25) is 11.8 Å². The van der Waals surface area contributed by atoms with E-state index in [1.165, 1.54) is 0 Å². The van der Waals surface area contributed by atoms with Crippen LogP contribution in [0.2, 0.25) is 0 Å². The van der Waals surface area contributed by atoms with Crippen LogP contribution < -0.4 is 10.6 Å². The Bertz CT molecular complexity index is 210. The van der Waals surface area contributed by atoms with Crippen LogP contribution in [0.25, 0.3) is 0 Å². The molecule has 4 nitrogen and oxygen atoms in total. The number of rotatable bonds is 9. The van der Waals surface area contributed by atoms with Gasteiger partial charge in [-0.25, -0.2) is 0 Å². The van der Waals surface area contributed by atoms with Gasteiger partial charge in [0.15, 0.2) is 0 Å². The fourth-order valence-electron chi connectivity index (χ4n) is 1.29. The summed E-state index contributed by atoms with van der Waals surface area (Å²) in [5.41, 5.74) is 0. The summed E-state index contributed by atoms with van der Waals surface area (Å²) in [7, 11) is 1.65. The molecule has 0 atom stereocenters. The fraction of sp³-hybridized carbons (Fsp3) is 0.818. The average molecular weight is 246 g/mol. The van der Waals surface area contributed by atoms with Crippen molar-refractivity contribution in [2.24, 2.45) is 0 Å². The number of nitrogens with one attached hydrogen (secondary N) is 2. The number of thioether (sulfide) groups is 1. The van der Waals surface area contributed by atoms with E-state index in [1.807, 2.05) is 6.26 Å². The van der Waals surface area contributed by atoms with Crippen molar-refractivity contribution in [1.82, 2.24) is 10.6 Å². The number of carbonyl (C=O) groups is 2. The van der Waals surface area contributed by atoms with Crippen LogP contribution in [0.3, 0.4) is 0 Å². The summed E-state index contributed by atoms with van der Waals surface area (Å²) in [6, 6.07) is 0. The molecule has 0 saturated heterocycles. The third-order valence-electron chi connectivity index (χ3n) is 2.25. The average Bonchev–Trinajstić information content (AvgIpc) is 2.30. The third kappa shape index (κ3) is 9.83. The smallest absolute Gasteiger partial charge is 0.220 e. The maximum Gasteiger partial charge on any atom is 0.220 e. The highest BCUT2D eigenvalue weighted by molar-refractivity contribution is 7.98. The zero-order valence-corrected chi connectivity index (χ0v) is 11.0. The van der Waals surface area contributed by atoms with Crippen molar-refractivity contribution in [2.45, 2.75) is 38.5 Å². The van der Waals surface area contributed by atoms with Gasteiger partial charge in [-0.1, -0.05) is 12.8 Å². The Morgan fingerprint density at radius 2 is 1.56 bits per heavy atom. The normalized spacial score (nSPS) is 9.88. The van der Waals surface area contributed by atoms with Crippen molar-refractivity contribution in [3.63, 3.8) is 0 Å². The molecule has 0 radical (unpaired) electrons. The zero-order chi connectivity index (χ0) is 12.2. The van der Waals surface area contributed by atoms with Gasteiger partial charge in [0.1, 0.15) is 0 Å². The summed E-state index contributed by atoms with van der Waals surface area (Å²) in [5.74, 6) is 0.911. The number of amides is 2. The molecular weight excluding hydrogens is 224 g/mol. The van der Waals surface area contributed by atoms with Gasteiger partial charge < -0.3 is 10.6 Å². The van der Waals surface area contributed by atoms with E-state index in [-0.39, 0.29) is 11.8 Å². The molecule has 0 spiro atoms.